The number of rotatable bonds is 3. The van der Waals surface area contributed by atoms with Gasteiger partial charge in [0.25, 0.3) is 5.79 Å². The van der Waals surface area contributed by atoms with E-state index < -0.39 is 11.8 Å². The number of hydrogen-bond donors (Lipinski definition) is 0. The molecule has 1 aliphatic heterocycles. The zero-order valence-corrected chi connectivity index (χ0v) is 16.9. The molecule has 0 saturated heterocycles. The molecule has 144 valence electrons. The second kappa shape index (κ2) is 7.17. The third-order valence-electron chi connectivity index (χ3n) is 5.08. The summed E-state index contributed by atoms with van der Waals surface area (Å²) >= 11 is 3.64. The van der Waals surface area contributed by atoms with Gasteiger partial charge < -0.3 is 19.1 Å². The molecule has 1 aromatic heterocycles. The molecule has 0 spiro atoms. The largest absolute Gasteiger partial charge is 0.491 e. The van der Waals surface area contributed by atoms with Crippen LogP contribution in [0.4, 0.5) is 4.39 Å². The van der Waals surface area contributed by atoms with Gasteiger partial charge in [0.15, 0.2) is 0 Å². The first-order chi connectivity index (χ1) is 13.5. The summed E-state index contributed by atoms with van der Waals surface area (Å²) in [5.41, 5.74) is 2.17. The van der Waals surface area contributed by atoms with E-state index in [-0.39, 0.29) is 5.82 Å². The molecule has 1 aliphatic rings. The van der Waals surface area contributed by atoms with Crippen molar-refractivity contribution < 1.29 is 18.6 Å². The van der Waals surface area contributed by atoms with Gasteiger partial charge in [0.1, 0.15) is 11.6 Å². The van der Waals surface area contributed by atoms with Crippen molar-refractivity contribution in [3.8, 4) is 11.4 Å². The van der Waals surface area contributed by atoms with E-state index in [1.165, 1.54) is 26.4 Å². The Balaban J connectivity index is 1.95. The van der Waals surface area contributed by atoms with Crippen LogP contribution in [0, 0.1) is 12.4 Å². The monoisotopic (exact) mass is 445 g/mol. The minimum atomic E-state index is -1.09. The first-order valence-electron chi connectivity index (χ1n) is 8.60. The fraction of sp³-hybridized carbons (Fsp3) is 0.300. The van der Waals surface area contributed by atoms with Gasteiger partial charge in [-0.25, -0.2) is 15.6 Å². The van der Waals surface area contributed by atoms with E-state index in [4.69, 9.17) is 20.8 Å². The fourth-order valence-electron chi connectivity index (χ4n) is 3.63. The zero-order valence-electron chi connectivity index (χ0n) is 15.3. The molecule has 0 amide bonds. The minimum Gasteiger partial charge on any atom is -0.491 e. The number of aromatic nitrogens is 2. The van der Waals surface area contributed by atoms with Crippen molar-refractivity contribution in [2.75, 3.05) is 20.8 Å². The Hall–Kier alpha value is -2.47. The topological polar surface area (TPSA) is 49.9 Å². The number of benzene rings is 2. The zero-order chi connectivity index (χ0) is 19.9. The predicted molar refractivity (Wildman–Crippen MR) is 105 cm³/mol. The molecule has 8 heteroatoms. The summed E-state index contributed by atoms with van der Waals surface area (Å²) in [6.07, 6.45) is 2.12. The smallest absolute Gasteiger partial charge is 0.305 e. The molecule has 6 nitrogen and oxygen atoms in total. The van der Waals surface area contributed by atoms with Crippen molar-refractivity contribution in [1.29, 1.82) is 0 Å². The number of ether oxygens (including phenoxy) is 3. The number of hydrogen-bond acceptors (Lipinski definition) is 4. The maximum absolute atomic E-state index is 13.3. The molecule has 4 rings (SSSR count). The lowest BCUT2D eigenvalue weighted by Crippen LogP contribution is -2.39. The third kappa shape index (κ3) is 2.78. The van der Waals surface area contributed by atoms with Crippen LogP contribution < -0.4 is 4.74 Å². The van der Waals surface area contributed by atoms with E-state index >= 15 is 0 Å². The van der Waals surface area contributed by atoms with Gasteiger partial charge in [0, 0.05) is 26.0 Å². The van der Waals surface area contributed by atoms with Crippen LogP contribution in [0.25, 0.3) is 21.4 Å². The average molecular weight is 446 g/mol. The lowest BCUT2D eigenvalue weighted by Gasteiger charge is -2.29. The van der Waals surface area contributed by atoms with Crippen LogP contribution in [-0.2, 0) is 9.47 Å². The van der Waals surface area contributed by atoms with E-state index in [0.29, 0.717) is 28.8 Å². The molecule has 0 aliphatic carbocycles. The molecule has 2 heterocycles. The van der Waals surface area contributed by atoms with Crippen LogP contribution in [-0.4, -0.2) is 36.4 Å². The van der Waals surface area contributed by atoms with Crippen LogP contribution in [0.5, 0.6) is 5.75 Å². The van der Waals surface area contributed by atoms with E-state index in [1.807, 2.05) is 6.07 Å². The maximum atomic E-state index is 13.3. The van der Waals surface area contributed by atoms with E-state index in [0.717, 1.165) is 16.6 Å². The summed E-state index contributed by atoms with van der Waals surface area (Å²) < 4.78 is 32.9. The Morgan fingerprint density at radius 1 is 1.32 bits per heavy atom. The minimum absolute atomic E-state index is 0.313. The Kier molecular flexibility index (Phi) is 4.83. The predicted octanol–water partition coefficient (Wildman–Crippen LogP) is 4.66. The number of fused-ring (bicyclic) bond motifs is 2. The number of nitrogens with zero attached hydrogens (tertiary/aromatic N) is 3. The highest BCUT2D eigenvalue weighted by molar-refractivity contribution is 9.10. The van der Waals surface area contributed by atoms with Crippen molar-refractivity contribution in [2.45, 2.75) is 18.2 Å². The van der Waals surface area contributed by atoms with Crippen molar-refractivity contribution in [3.63, 3.8) is 0 Å². The van der Waals surface area contributed by atoms with Gasteiger partial charge in [0.05, 0.1) is 34.0 Å². The van der Waals surface area contributed by atoms with Gasteiger partial charge in [-0.2, -0.15) is 5.10 Å². The Morgan fingerprint density at radius 3 is 2.68 bits per heavy atom. The maximum Gasteiger partial charge on any atom is 0.305 e. The van der Waals surface area contributed by atoms with Crippen LogP contribution in [0.3, 0.4) is 0 Å². The van der Waals surface area contributed by atoms with Gasteiger partial charge in [-0.1, -0.05) is 0 Å². The summed E-state index contributed by atoms with van der Waals surface area (Å²) in [5, 5.41) is 5.26. The average Bonchev–Trinajstić information content (AvgIpc) is 3.06. The molecular formula is C20H17BrFN3O3. The second-order valence-corrected chi connectivity index (χ2v) is 7.22. The normalized spacial score (nSPS) is 18.2. The first-order valence-corrected chi connectivity index (χ1v) is 9.39. The molecule has 0 bridgehead atoms. The van der Waals surface area contributed by atoms with Crippen molar-refractivity contribution in [2.24, 2.45) is 0 Å². The Morgan fingerprint density at radius 2 is 2.04 bits per heavy atom. The SMILES string of the molecule is [C-]#[N+]C1c2cc3cnn(-c4ccc(F)cc4)c3c(Br)c2OCCC1(OC)OC. The molecule has 0 N–H and O–H groups in total. The molecule has 2 aromatic carbocycles. The van der Waals surface area contributed by atoms with Crippen molar-refractivity contribution in [1.82, 2.24) is 9.78 Å². The van der Waals surface area contributed by atoms with E-state index in [1.54, 1.807) is 23.0 Å². The van der Waals surface area contributed by atoms with Gasteiger partial charge >= 0.3 is 6.04 Å². The highest BCUT2D eigenvalue weighted by Crippen LogP contribution is 2.48. The molecule has 1 unspecified atom stereocenters. The number of halogens is 2. The molecule has 0 saturated carbocycles. The van der Waals surface area contributed by atoms with E-state index in [9.17, 15) is 4.39 Å². The lowest BCUT2D eigenvalue weighted by molar-refractivity contribution is -0.219. The Bertz CT molecular complexity index is 1070. The highest BCUT2D eigenvalue weighted by Gasteiger charge is 2.50. The lowest BCUT2D eigenvalue weighted by atomic mass is 9.95. The third-order valence-corrected chi connectivity index (χ3v) is 5.81. The van der Waals surface area contributed by atoms with Crippen molar-refractivity contribution >= 4 is 26.8 Å². The summed E-state index contributed by atoms with van der Waals surface area (Å²) in [6, 6.07) is 7.26. The molecule has 1 atom stereocenters. The van der Waals surface area contributed by atoms with Gasteiger partial charge in [0.2, 0.25) is 0 Å². The summed E-state index contributed by atoms with van der Waals surface area (Å²) in [7, 11) is 3.07. The molecule has 0 radical (unpaired) electrons. The van der Waals surface area contributed by atoms with Gasteiger partial charge in [-0.15, -0.1) is 0 Å². The standard InChI is InChI=1S/C20H17BrFN3O3/c1-23-19-15-10-12-11-24-25(14-6-4-13(22)5-7-14)17(12)16(21)18(15)28-9-8-20(19,26-2)27-3/h4-7,10-11,19H,8-9H2,2-3H3. The Labute approximate surface area is 169 Å². The van der Waals surface area contributed by atoms with Crippen LogP contribution in [0.15, 0.2) is 41.0 Å². The summed E-state index contributed by atoms with van der Waals surface area (Å²) in [5.74, 6) is -0.840. The van der Waals surface area contributed by atoms with Crippen molar-refractivity contribution in [3.05, 3.63) is 63.8 Å². The highest BCUT2D eigenvalue weighted by atomic mass is 79.9. The van der Waals surface area contributed by atoms with Crippen LogP contribution in [0.2, 0.25) is 0 Å². The summed E-state index contributed by atoms with van der Waals surface area (Å²) in [4.78, 5) is 3.80. The van der Waals surface area contributed by atoms with E-state index in [2.05, 4.69) is 25.9 Å². The number of methoxy groups -OCH3 is 2. The van der Waals surface area contributed by atoms with Gasteiger partial charge in [-0.05, 0) is 46.3 Å². The van der Waals surface area contributed by atoms with Crippen LogP contribution >= 0.6 is 15.9 Å². The summed E-state index contributed by atoms with van der Waals surface area (Å²) in [6.45, 7) is 8.09. The second-order valence-electron chi connectivity index (χ2n) is 6.43. The molecule has 0 fully saturated rings. The first kappa shape index (κ1) is 18.9. The fourth-order valence-corrected chi connectivity index (χ4v) is 4.37. The molecular weight excluding hydrogens is 429 g/mol. The molecule has 28 heavy (non-hydrogen) atoms. The quantitative estimate of drug-likeness (QED) is 0.434. The van der Waals surface area contributed by atoms with Crippen LogP contribution in [0.1, 0.15) is 18.0 Å². The molecule has 3 aromatic rings. The van der Waals surface area contributed by atoms with Gasteiger partial charge in [-0.3, -0.25) is 0 Å².